The Labute approximate surface area is 81.0 Å². The Morgan fingerprint density at radius 2 is 2.36 bits per heavy atom. The molecular weight excluding hydrogens is 184 g/mol. The smallest absolute Gasteiger partial charge is 0.404 e. The highest BCUT2D eigenvalue weighted by atomic mass is 16.6. The number of nitro groups is 1. The molecule has 1 heterocycles. The van der Waals surface area contributed by atoms with Crippen molar-refractivity contribution in [3.05, 3.63) is 28.0 Å². The monoisotopic (exact) mass is 196 g/mol. The summed E-state index contributed by atoms with van der Waals surface area (Å²) in [6.07, 6.45) is 3.30. The first kappa shape index (κ1) is 9.21. The van der Waals surface area contributed by atoms with Crippen molar-refractivity contribution in [1.82, 2.24) is 0 Å². The van der Waals surface area contributed by atoms with Crippen molar-refractivity contribution in [2.45, 2.75) is 25.3 Å². The van der Waals surface area contributed by atoms with E-state index in [-0.39, 0.29) is 11.9 Å². The van der Waals surface area contributed by atoms with Crippen LogP contribution < -0.4 is 5.73 Å². The number of nitrogens with zero attached hydrogens (tertiary/aromatic N) is 1. The van der Waals surface area contributed by atoms with Crippen LogP contribution in [0, 0.1) is 16.0 Å². The minimum absolute atomic E-state index is 0.198. The lowest BCUT2D eigenvalue weighted by Gasteiger charge is -2.05. The molecule has 1 aromatic rings. The Bertz CT molecular complexity index is 344. The van der Waals surface area contributed by atoms with Gasteiger partial charge in [0.2, 0.25) is 0 Å². The van der Waals surface area contributed by atoms with E-state index in [0.717, 1.165) is 6.42 Å². The predicted molar refractivity (Wildman–Crippen MR) is 49.6 cm³/mol. The Morgan fingerprint density at radius 1 is 1.64 bits per heavy atom. The number of nitrogens with two attached hydrogens (primary N) is 1. The van der Waals surface area contributed by atoms with Gasteiger partial charge in [-0.25, -0.2) is 0 Å². The van der Waals surface area contributed by atoms with Gasteiger partial charge in [-0.2, -0.15) is 0 Å². The largest absolute Gasteiger partial charge is 0.433 e. The van der Waals surface area contributed by atoms with Crippen LogP contribution in [0.4, 0.5) is 5.88 Å². The van der Waals surface area contributed by atoms with Crippen molar-refractivity contribution in [2.75, 3.05) is 0 Å². The molecule has 2 N–H and O–H groups in total. The molecule has 1 aliphatic carbocycles. The molecule has 2 rings (SSSR count). The van der Waals surface area contributed by atoms with E-state index in [1.54, 1.807) is 6.07 Å². The molecule has 1 atom stereocenters. The van der Waals surface area contributed by atoms with Crippen LogP contribution in [0.3, 0.4) is 0 Å². The Kier molecular flexibility index (Phi) is 2.25. The molecule has 1 fully saturated rings. The van der Waals surface area contributed by atoms with Crippen LogP contribution in [-0.2, 0) is 0 Å². The van der Waals surface area contributed by atoms with Gasteiger partial charge >= 0.3 is 5.88 Å². The molecular formula is C9H12N2O3. The third kappa shape index (κ3) is 1.93. The van der Waals surface area contributed by atoms with E-state index in [0.29, 0.717) is 11.7 Å². The minimum Gasteiger partial charge on any atom is -0.404 e. The molecule has 1 aromatic heterocycles. The van der Waals surface area contributed by atoms with Crippen LogP contribution in [0.1, 0.15) is 31.1 Å². The molecule has 0 aromatic carbocycles. The molecule has 0 radical (unpaired) electrons. The lowest BCUT2D eigenvalue weighted by Crippen LogP contribution is -2.09. The number of rotatable bonds is 4. The highest BCUT2D eigenvalue weighted by Crippen LogP contribution is 2.37. The average molecular weight is 196 g/mol. The van der Waals surface area contributed by atoms with Gasteiger partial charge in [0.1, 0.15) is 10.7 Å². The molecule has 0 bridgehead atoms. The molecule has 5 nitrogen and oxygen atoms in total. The summed E-state index contributed by atoms with van der Waals surface area (Å²) in [5.74, 6) is 0.976. The molecule has 1 saturated carbocycles. The van der Waals surface area contributed by atoms with Crippen molar-refractivity contribution in [3.8, 4) is 0 Å². The van der Waals surface area contributed by atoms with Crippen LogP contribution in [0.15, 0.2) is 16.5 Å². The third-order valence-corrected chi connectivity index (χ3v) is 2.44. The second kappa shape index (κ2) is 3.42. The van der Waals surface area contributed by atoms with Gasteiger partial charge < -0.3 is 10.2 Å². The van der Waals surface area contributed by atoms with Gasteiger partial charge in [0, 0.05) is 0 Å². The van der Waals surface area contributed by atoms with Gasteiger partial charge in [0.15, 0.2) is 0 Å². The summed E-state index contributed by atoms with van der Waals surface area (Å²) >= 11 is 0. The van der Waals surface area contributed by atoms with Gasteiger partial charge in [-0.3, -0.25) is 10.1 Å². The second-order valence-electron chi connectivity index (χ2n) is 3.72. The second-order valence-corrected chi connectivity index (χ2v) is 3.72. The zero-order valence-electron chi connectivity index (χ0n) is 7.68. The van der Waals surface area contributed by atoms with Gasteiger partial charge in [-0.15, -0.1) is 0 Å². The highest BCUT2D eigenvalue weighted by Gasteiger charge is 2.26. The Morgan fingerprint density at radius 3 is 2.86 bits per heavy atom. The zero-order chi connectivity index (χ0) is 10.1. The van der Waals surface area contributed by atoms with E-state index in [9.17, 15) is 10.1 Å². The van der Waals surface area contributed by atoms with Crippen LogP contribution in [0.5, 0.6) is 0 Å². The molecule has 1 aliphatic rings. The fourth-order valence-corrected chi connectivity index (χ4v) is 1.47. The summed E-state index contributed by atoms with van der Waals surface area (Å²) in [5.41, 5.74) is 5.83. The molecule has 5 heteroatoms. The molecule has 76 valence electrons. The maximum absolute atomic E-state index is 10.3. The maximum atomic E-state index is 10.3. The standard InChI is InChI=1S/C9H12N2O3/c10-7(5-6-1-2-6)8-3-4-9(14-8)11(12)13/h3-4,6-7H,1-2,5,10H2/t7-/m1/s1. The summed E-state index contributed by atoms with van der Waals surface area (Å²) in [4.78, 5) is 9.79. The van der Waals surface area contributed by atoms with Crippen molar-refractivity contribution in [1.29, 1.82) is 0 Å². The van der Waals surface area contributed by atoms with Crippen LogP contribution >= 0.6 is 0 Å². The number of furan rings is 1. The minimum atomic E-state index is -0.548. The summed E-state index contributed by atoms with van der Waals surface area (Å²) in [6.45, 7) is 0. The number of hydrogen-bond acceptors (Lipinski definition) is 4. The topological polar surface area (TPSA) is 82.3 Å². The van der Waals surface area contributed by atoms with Gasteiger partial charge in [0.25, 0.3) is 0 Å². The van der Waals surface area contributed by atoms with Crippen LogP contribution in [-0.4, -0.2) is 4.92 Å². The summed E-state index contributed by atoms with van der Waals surface area (Å²) < 4.78 is 5.01. The molecule has 0 saturated heterocycles. The van der Waals surface area contributed by atoms with E-state index in [1.807, 2.05) is 0 Å². The summed E-state index contributed by atoms with van der Waals surface area (Å²) in [7, 11) is 0. The van der Waals surface area contributed by atoms with Gasteiger partial charge in [0.05, 0.1) is 12.1 Å². The van der Waals surface area contributed by atoms with E-state index in [1.165, 1.54) is 18.9 Å². The fraction of sp³-hybridized carbons (Fsp3) is 0.556. The van der Waals surface area contributed by atoms with Crippen molar-refractivity contribution >= 4 is 5.88 Å². The van der Waals surface area contributed by atoms with Crippen molar-refractivity contribution in [2.24, 2.45) is 11.7 Å². The Hall–Kier alpha value is -1.36. The quantitative estimate of drug-likeness (QED) is 0.589. The SMILES string of the molecule is N[C@H](CC1CC1)c1ccc([N+](=O)[O-])o1. The first-order valence-corrected chi connectivity index (χ1v) is 4.66. The van der Waals surface area contributed by atoms with Crippen LogP contribution in [0.25, 0.3) is 0 Å². The third-order valence-electron chi connectivity index (χ3n) is 2.44. The molecule has 14 heavy (non-hydrogen) atoms. The average Bonchev–Trinajstić information content (AvgIpc) is 2.81. The van der Waals surface area contributed by atoms with Gasteiger partial charge in [-0.1, -0.05) is 12.8 Å². The maximum Gasteiger partial charge on any atom is 0.433 e. The predicted octanol–water partition coefficient (Wildman–Crippen LogP) is 1.99. The first-order chi connectivity index (χ1) is 6.66. The summed E-state index contributed by atoms with van der Waals surface area (Å²) in [6, 6.07) is 2.74. The van der Waals surface area contributed by atoms with Gasteiger partial charge in [-0.05, 0) is 18.4 Å². The van der Waals surface area contributed by atoms with Crippen molar-refractivity contribution in [3.63, 3.8) is 0 Å². The van der Waals surface area contributed by atoms with E-state index < -0.39 is 4.92 Å². The molecule has 0 amide bonds. The molecule has 0 spiro atoms. The lowest BCUT2D eigenvalue weighted by atomic mass is 10.1. The van der Waals surface area contributed by atoms with E-state index >= 15 is 0 Å². The zero-order valence-corrected chi connectivity index (χ0v) is 7.68. The van der Waals surface area contributed by atoms with E-state index in [4.69, 9.17) is 10.2 Å². The van der Waals surface area contributed by atoms with Crippen LogP contribution in [0.2, 0.25) is 0 Å². The van der Waals surface area contributed by atoms with Crippen molar-refractivity contribution < 1.29 is 9.34 Å². The molecule has 0 aliphatic heterocycles. The number of hydrogen-bond donors (Lipinski definition) is 1. The highest BCUT2D eigenvalue weighted by molar-refractivity contribution is 5.19. The first-order valence-electron chi connectivity index (χ1n) is 4.66. The molecule has 0 unspecified atom stereocenters. The van der Waals surface area contributed by atoms with E-state index in [2.05, 4.69) is 0 Å². The summed E-state index contributed by atoms with van der Waals surface area (Å²) in [5, 5.41) is 10.3. The fourth-order valence-electron chi connectivity index (χ4n) is 1.47. The Balaban J connectivity index is 2.03. The normalized spacial score (nSPS) is 18.1. The lowest BCUT2D eigenvalue weighted by molar-refractivity contribution is -0.402.